The lowest BCUT2D eigenvalue weighted by Gasteiger charge is -2.01. The number of ether oxygens (including phenoxy) is 1. The van der Waals surface area contributed by atoms with Crippen molar-refractivity contribution in [1.82, 2.24) is 4.98 Å². The average molecular weight is 208 g/mol. The maximum absolute atomic E-state index is 11.2. The first-order chi connectivity index (χ1) is 6.69. The Morgan fingerprint density at radius 1 is 1.71 bits per heavy atom. The van der Waals surface area contributed by atoms with E-state index in [1.54, 1.807) is 6.92 Å². The Morgan fingerprint density at radius 2 is 2.43 bits per heavy atom. The Labute approximate surface area is 86.1 Å². The van der Waals surface area contributed by atoms with Gasteiger partial charge in [-0.05, 0) is 19.1 Å². The van der Waals surface area contributed by atoms with E-state index in [9.17, 15) is 4.79 Å². The van der Waals surface area contributed by atoms with Crippen LogP contribution in [0.3, 0.4) is 0 Å². The molecule has 1 heterocycles. The van der Waals surface area contributed by atoms with E-state index in [4.69, 9.17) is 22.2 Å². The molecule has 0 aliphatic rings. The fourth-order valence-electron chi connectivity index (χ4n) is 0.890. The molecule has 1 aromatic heterocycles. The quantitative estimate of drug-likeness (QED) is 0.594. The molecular weight excluding hydrogens is 200 g/mol. The van der Waals surface area contributed by atoms with Gasteiger partial charge in [-0.2, -0.15) is 5.26 Å². The smallest absolute Gasteiger partial charge is 0.354 e. The van der Waals surface area contributed by atoms with Crippen LogP contribution in [0.5, 0.6) is 0 Å². The lowest BCUT2D eigenvalue weighted by molar-refractivity contribution is 0.0519. The van der Waals surface area contributed by atoms with Crippen molar-refractivity contribution in [3.63, 3.8) is 0 Å². The third kappa shape index (κ3) is 2.18. The van der Waals surface area contributed by atoms with Gasteiger partial charge in [-0.15, -0.1) is 0 Å². The number of aromatic amines is 1. The number of aromatic nitrogens is 1. The van der Waals surface area contributed by atoms with Crippen LogP contribution in [0.1, 0.15) is 23.0 Å². The fourth-order valence-corrected chi connectivity index (χ4v) is 1.11. The summed E-state index contributed by atoms with van der Waals surface area (Å²) < 4.78 is 5.01. The Morgan fingerprint density at radius 3 is 2.93 bits per heavy atom. The molecule has 72 valence electrons. The highest BCUT2D eigenvalue weighted by molar-refractivity contribution is 7.71. The summed E-state index contributed by atoms with van der Waals surface area (Å²) in [5.41, 5.74) is 0.601. The maximum atomic E-state index is 11.2. The molecule has 0 unspecified atom stereocenters. The first-order valence-electron chi connectivity index (χ1n) is 3.99. The van der Waals surface area contributed by atoms with Crippen molar-refractivity contribution in [2.24, 2.45) is 0 Å². The predicted octanol–water partition coefficient (Wildman–Crippen LogP) is 1.79. The highest BCUT2D eigenvalue weighted by Crippen LogP contribution is 2.03. The predicted molar refractivity (Wildman–Crippen MR) is 52.3 cm³/mol. The fraction of sp³-hybridized carbons (Fsp3) is 0.222. The van der Waals surface area contributed by atoms with E-state index in [2.05, 4.69) is 4.98 Å². The molecule has 0 aliphatic carbocycles. The van der Waals surface area contributed by atoms with E-state index in [-0.39, 0.29) is 10.3 Å². The third-order valence-corrected chi connectivity index (χ3v) is 1.85. The van der Waals surface area contributed by atoms with E-state index < -0.39 is 5.97 Å². The molecule has 0 saturated carbocycles. The first kappa shape index (κ1) is 10.4. The van der Waals surface area contributed by atoms with E-state index >= 15 is 0 Å². The van der Waals surface area contributed by atoms with Crippen molar-refractivity contribution in [3.8, 4) is 6.07 Å². The number of pyridine rings is 1. The summed E-state index contributed by atoms with van der Waals surface area (Å²) in [4.78, 5) is 13.8. The van der Waals surface area contributed by atoms with Gasteiger partial charge in [0.15, 0.2) is 0 Å². The number of nitrogens with one attached hydrogen (secondary N) is 1. The molecular formula is C9H8N2O2S. The molecule has 0 aliphatic heterocycles. The van der Waals surface area contributed by atoms with Gasteiger partial charge in [0.05, 0.1) is 12.2 Å². The largest absolute Gasteiger partial charge is 0.461 e. The van der Waals surface area contributed by atoms with Gasteiger partial charge in [0, 0.05) is 0 Å². The van der Waals surface area contributed by atoms with E-state index in [1.165, 1.54) is 12.1 Å². The SMILES string of the molecule is CCOC(=O)c1ccc(C#N)c(=S)[nH]1. The zero-order valence-electron chi connectivity index (χ0n) is 7.53. The van der Waals surface area contributed by atoms with Crippen molar-refractivity contribution < 1.29 is 9.53 Å². The summed E-state index contributed by atoms with van der Waals surface area (Å²) in [5.74, 6) is -0.469. The van der Waals surface area contributed by atoms with Crippen LogP contribution in [-0.2, 0) is 4.74 Å². The van der Waals surface area contributed by atoms with Gasteiger partial charge in [0.1, 0.15) is 16.4 Å². The molecule has 1 N–H and O–H groups in total. The monoisotopic (exact) mass is 208 g/mol. The number of H-pyrrole nitrogens is 1. The molecule has 4 nitrogen and oxygen atoms in total. The molecule has 0 bridgehead atoms. The minimum Gasteiger partial charge on any atom is -0.461 e. The van der Waals surface area contributed by atoms with Crippen LogP contribution in [0.25, 0.3) is 0 Å². The molecule has 14 heavy (non-hydrogen) atoms. The first-order valence-corrected chi connectivity index (χ1v) is 4.40. The lowest BCUT2D eigenvalue weighted by atomic mass is 10.3. The molecule has 0 atom stereocenters. The van der Waals surface area contributed by atoms with Gasteiger partial charge in [-0.25, -0.2) is 4.79 Å². The summed E-state index contributed by atoms with van der Waals surface area (Å²) in [6.45, 7) is 2.02. The zero-order chi connectivity index (χ0) is 10.6. The number of hydrogen-bond donors (Lipinski definition) is 1. The van der Waals surface area contributed by atoms with E-state index in [1.807, 2.05) is 6.07 Å². The second-order valence-corrected chi connectivity index (χ2v) is 2.86. The van der Waals surface area contributed by atoms with E-state index in [0.29, 0.717) is 12.2 Å². The number of esters is 1. The van der Waals surface area contributed by atoms with Crippen LogP contribution in [0.2, 0.25) is 0 Å². The molecule has 1 rings (SSSR count). The second-order valence-electron chi connectivity index (χ2n) is 2.45. The van der Waals surface area contributed by atoms with Crippen molar-refractivity contribution >= 4 is 18.2 Å². The number of hydrogen-bond acceptors (Lipinski definition) is 4. The lowest BCUT2D eigenvalue weighted by Crippen LogP contribution is -2.07. The summed E-state index contributed by atoms with van der Waals surface area (Å²) in [7, 11) is 0. The molecule has 0 amide bonds. The average Bonchev–Trinajstić information content (AvgIpc) is 2.18. The van der Waals surface area contributed by atoms with Crippen LogP contribution in [0.15, 0.2) is 12.1 Å². The second kappa shape index (κ2) is 4.53. The third-order valence-electron chi connectivity index (χ3n) is 1.53. The Kier molecular flexibility index (Phi) is 3.37. The maximum Gasteiger partial charge on any atom is 0.354 e. The van der Waals surface area contributed by atoms with Gasteiger partial charge in [0.2, 0.25) is 0 Å². The molecule has 0 aromatic carbocycles. The van der Waals surface area contributed by atoms with Crippen molar-refractivity contribution in [3.05, 3.63) is 28.0 Å². The van der Waals surface area contributed by atoms with Crippen LogP contribution in [-0.4, -0.2) is 17.6 Å². The highest BCUT2D eigenvalue weighted by Gasteiger charge is 2.06. The van der Waals surface area contributed by atoms with Crippen LogP contribution in [0, 0.1) is 16.0 Å². The zero-order valence-corrected chi connectivity index (χ0v) is 8.35. The minimum atomic E-state index is -0.469. The highest BCUT2D eigenvalue weighted by atomic mass is 32.1. The summed E-state index contributed by atoms with van der Waals surface area (Å²) in [5, 5.41) is 8.60. The Balaban J connectivity index is 3.05. The topological polar surface area (TPSA) is 65.9 Å². The molecule has 0 fully saturated rings. The van der Waals surface area contributed by atoms with Gasteiger partial charge in [-0.1, -0.05) is 12.2 Å². The van der Waals surface area contributed by atoms with Gasteiger partial charge < -0.3 is 9.72 Å². The number of rotatable bonds is 2. The number of carbonyl (C=O) groups excluding carboxylic acids is 1. The molecule has 5 heteroatoms. The Bertz CT molecular complexity index is 445. The summed E-state index contributed by atoms with van der Waals surface area (Å²) in [6, 6.07) is 4.88. The number of carbonyl (C=O) groups is 1. The standard InChI is InChI=1S/C9H8N2O2S/c1-2-13-9(12)7-4-3-6(5-10)8(14)11-7/h3-4H,2H2,1H3,(H,11,14). The number of nitrogens with zero attached hydrogens (tertiary/aromatic N) is 1. The summed E-state index contributed by atoms with van der Waals surface area (Å²) in [6.07, 6.45) is 0. The van der Waals surface area contributed by atoms with Crippen molar-refractivity contribution in [2.75, 3.05) is 6.61 Å². The van der Waals surface area contributed by atoms with Crippen molar-refractivity contribution in [1.29, 1.82) is 5.26 Å². The van der Waals surface area contributed by atoms with Crippen LogP contribution < -0.4 is 0 Å². The normalized spacial score (nSPS) is 9.14. The molecule has 0 spiro atoms. The van der Waals surface area contributed by atoms with Crippen molar-refractivity contribution in [2.45, 2.75) is 6.92 Å². The van der Waals surface area contributed by atoms with Gasteiger partial charge >= 0.3 is 5.97 Å². The Hall–Kier alpha value is -1.67. The van der Waals surface area contributed by atoms with Crippen LogP contribution in [0.4, 0.5) is 0 Å². The van der Waals surface area contributed by atoms with E-state index in [0.717, 1.165) is 0 Å². The van der Waals surface area contributed by atoms with Gasteiger partial charge in [0.25, 0.3) is 0 Å². The van der Waals surface area contributed by atoms with Crippen LogP contribution >= 0.6 is 12.2 Å². The molecule has 1 aromatic rings. The van der Waals surface area contributed by atoms with Gasteiger partial charge in [-0.3, -0.25) is 0 Å². The minimum absolute atomic E-state index is 0.248. The molecule has 0 radical (unpaired) electrons. The summed E-state index contributed by atoms with van der Waals surface area (Å²) >= 11 is 4.86. The molecule has 0 saturated heterocycles. The number of nitriles is 1.